The van der Waals surface area contributed by atoms with E-state index in [0.29, 0.717) is 35.7 Å². The molecule has 10 heteroatoms. The van der Waals surface area contributed by atoms with Gasteiger partial charge in [-0.25, -0.2) is 4.79 Å². The van der Waals surface area contributed by atoms with Gasteiger partial charge in [-0.3, -0.25) is 9.59 Å². The Morgan fingerprint density at radius 2 is 1.87 bits per heavy atom. The van der Waals surface area contributed by atoms with Crippen LogP contribution in [0.15, 0.2) is 72.3 Å². The Balaban J connectivity index is 1.11. The maximum Gasteiger partial charge on any atom is 0.338 e. The molecule has 2 N–H and O–H groups in total. The lowest BCUT2D eigenvalue weighted by molar-refractivity contribution is -0.137. The number of carbonyl (C=O) groups is 3. The van der Waals surface area contributed by atoms with Crippen molar-refractivity contribution in [2.75, 3.05) is 27.0 Å². The molecule has 45 heavy (non-hydrogen) atoms. The normalized spacial score (nSPS) is 27.6. The number of aliphatic hydroxyl groups is 1. The summed E-state index contributed by atoms with van der Waals surface area (Å²) in [6.45, 7) is -0.112. The number of amides is 2. The van der Waals surface area contributed by atoms with Gasteiger partial charge in [-0.1, -0.05) is 54.6 Å². The van der Waals surface area contributed by atoms with Crippen molar-refractivity contribution in [3.8, 4) is 0 Å². The SMILES string of the molecule is CN(C(=O)C1=CC2OCOC2C(OC(=O)c2ccc(C=CC3CCC4OC4C3)cc2)C1)C(Cc1ccccc1)C(=O)NCCO. The Morgan fingerprint density at radius 3 is 2.62 bits per heavy atom. The zero-order valence-electron chi connectivity index (χ0n) is 25.4. The molecular formula is C35H40N2O8. The van der Waals surface area contributed by atoms with E-state index in [9.17, 15) is 19.5 Å². The van der Waals surface area contributed by atoms with Crippen molar-refractivity contribution in [1.29, 1.82) is 0 Å². The first-order valence-electron chi connectivity index (χ1n) is 15.7. The molecule has 2 heterocycles. The lowest BCUT2D eigenvalue weighted by Gasteiger charge is -2.33. The van der Waals surface area contributed by atoms with Gasteiger partial charge in [-0.15, -0.1) is 0 Å². The predicted octanol–water partition coefficient (Wildman–Crippen LogP) is 3.04. The molecule has 1 saturated carbocycles. The fraction of sp³-hybridized carbons (Fsp3) is 0.457. The van der Waals surface area contributed by atoms with Crippen LogP contribution in [0.25, 0.3) is 6.08 Å². The number of aliphatic hydroxyl groups excluding tert-OH is 1. The van der Waals surface area contributed by atoms with E-state index in [1.54, 1.807) is 25.3 Å². The molecule has 0 radical (unpaired) electrons. The highest BCUT2D eigenvalue weighted by molar-refractivity contribution is 5.97. The van der Waals surface area contributed by atoms with Crippen molar-refractivity contribution in [3.05, 3.63) is 89.0 Å². The lowest BCUT2D eigenvalue weighted by atomic mass is 9.89. The minimum Gasteiger partial charge on any atom is -0.456 e. The Labute approximate surface area is 263 Å². The summed E-state index contributed by atoms with van der Waals surface area (Å²) in [5.41, 5.74) is 2.67. The number of rotatable bonds is 11. The maximum atomic E-state index is 13.8. The summed E-state index contributed by atoms with van der Waals surface area (Å²) in [5, 5.41) is 11.9. The van der Waals surface area contributed by atoms with E-state index in [0.717, 1.165) is 30.4 Å². The number of fused-ring (bicyclic) bond motifs is 2. The second kappa shape index (κ2) is 14.1. The third-order valence-corrected chi connectivity index (χ3v) is 9.06. The van der Waals surface area contributed by atoms with E-state index < -0.39 is 30.3 Å². The first kappa shape index (κ1) is 31.2. The molecule has 0 bridgehead atoms. The van der Waals surface area contributed by atoms with Gasteiger partial charge in [-0.2, -0.15) is 0 Å². The van der Waals surface area contributed by atoms with Gasteiger partial charge < -0.3 is 34.3 Å². The number of allylic oxidation sites excluding steroid dienone is 1. The fourth-order valence-corrected chi connectivity index (χ4v) is 6.42. The van der Waals surface area contributed by atoms with E-state index >= 15 is 0 Å². The van der Waals surface area contributed by atoms with Crippen LogP contribution in [0, 0.1) is 5.92 Å². The van der Waals surface area contributed by atoms with E-state index in [-0.39, 0.29) is 38.2 Å². The molecule has 10 nitrogen and oxygen atoms in total. The summed E-state index contributed by atoms with van der Waals surface area (Å²) in [6.07, 6.45) is 8.80. The maximum absolute atomic E-state index is 13.8. The largest absolute Gasteiger partial charge is 0.456 e. The van der Waals surface area contributed by atoms with Crippen LogP contribution < -0.4 is 5.32 Å². The Bertz CT molecular complexity index is 1420. The highest BCUT2D eigenvalue weighted by atomic mass is 16.7. The van der Waals surface area contributed by atoms with Crippen LogP contribution in [0.2, 0.25) is 0 Å². The van der Waals surface area contributed by atoms with Gasteiger partial charge in [0.05, 0.1) is 24.4 Å². The van der Waals surface area contributed by atoms with Gasteiger partial charge >= 0.3 is 5.97 Å². The van der Waals surface area contributed by atoms with E-state index in [1.165, 1.54) is 4.90 Å². The molecule has 6 rings (SSSR count). The molecule has 7 unspecified atom stereocenters. The summed E-state index contributed by atoms with van der Waals surface area (Å²) in [7, 11) is 1.58. The zero-order valence-corrected chi connectivity index (χ0v) is 25.4. The van der Waals surface area contributed by atoms with E-state index in [1.807, 2.05) is 42.5 Å². The van der Waals surface area contributed by atoms with Crippen molar-refractivity contribution >= 4 is 23.9 Å². The van der Waals surface area contributed by atoms with Crippen LogP contribution in [-0.4, -0.2) is 91.3 Å². The second-order valence-electron chi connectivity index (χ2n) is 12.1. The number of nitrogens with zero attached hydrogens (tertiary/aromatic N) is 1. The molecule has 0 aromatic heterocycles. The predicted molar refractivity (Wildman–Crippen MR) is 165 cm³/mol. The van der Waals surface area contributed by atoms with Crippen molar-refractivity contribution < 1.29 is 38.4 Å². The van der Waals surface area contributed by atoms with Crippen LogP contribution in [0.5, 0.6) is 0 Å². The van der Waals surface area contributed by atoms with Crippen molar-refractivity contribution in [3.63, 3.8) is 0 Å². The molecule has 2 aromatic carbocycles. The highest BCUT2D eigenvalue weighted by Gasteiger charge is 2.44. The summed E-state index contributed by atoms with van der Waals surface area (Å²) >= 11 is 0. The minimum absolute atomic E-state index is 0.0208. The van der Waals surface area contributed by atoms with Crippen molar-refractivity contribution in [2.24, 2.45) is 5.92 Å². The molecule has 238 valence electrons. The number of esters is 1. The molecule has 2 saturated heterocycles. The summed E-state index contributed by atoms with van der Waals surface area (Å²) in [4.78, 5) is 41.5. The molecule has 4 aliphatic rings. The average Bonchev–Trinajstić information content (AvgIpc) is 3.69. The molecule has 2 aliphatic heterocycles. The van der Waals surface area contributed by atoms with Gasteiger partial charge in [0.25, 0.3) is 0 Å². The second-order valence-corrected chi connectivity index (χ2v) is 12.1. The smallest absolute Gasteiger partial charge is 0.338 e. The first-order valence-corrected chi connectivity index (χ1v) is 15.7. The summed E-state index contributed by atoms with van der Waals surface area (Å²) in [6, 6.07) is 15.9. The number of carbonyl (C=O) groups excluding carboxylic acids is 3. The molecule has 7 atom stereocenters. The third kappa shape index (κ3) is 7.53. The number of ether oxygens (including phenoxy) is 4. The molecule has 0 spiro atoms. The topological polar surface area (TPSA) is 127 Å². The summed E-state index contributed by atoms with van der Waals surface area (Å²) < 4.78 is 23.0. The molecule has 3 fully saturated rings. The van der Waals surface area contributed by atoms with Crippen LogP contribution in [0.4, 0.5) is 0 Å². The summed E-state index contributed by atoms with van der Waals surface area (Å²) in [5.74, 6) is -0.743. The highest BCUT2D eigenvalue weighted by Crippen LogP contribution is 2.40. The van der Waals surface area contributed by atoms with Gasteiger partial charge in [0.2, 0.25) is 11.8 Å². The first-order chi connectivity index (χ1) is 21.9. The monoisotopic (exact) mass is 616 g/mol. The fourth-order valence-electron chi connectivity index (χ4n) is 6.42. The average molecular weight is 617 g/mol. The molecule has 2 aliphatic carbocycles. The Morgan fingerprint density at radius 1 is 1.07 bits per heavy atom. The number of benzene rings is 2. The molecular weight excluding hydrogens is 576 g/mol. The van der Waals surface area contributed by atoms with E-state index in [2.05, 4.69) is 17.5 Å². The minimum atomic E-state index is -0.823. The zero-order chi connectivity index (χ0) is 31.3. The Kier molecular flexibility index (Phi) is 9.75. The van der Waals surface area contributed by atoms with Crippen molar-refractivity contribution in [2.45, 2.75) is 68.7 Å². The number of likely N-dealkylation sites (N-methyl/N-ethyl adjacent to an activating group) is 1. The van der Waals surface area contributed by atoms with Crippen LogP contribution in [-0.2, 0) is 35.0 Å². The quantitative estimate of drug-likeness (QED) is 0.292. The lowest BCUT2D eigenvalue weighted by Crippen LogP contribution is -2.51. The van der Waals surface area contributed by atoms with E-state index in [4.69, 9.17) is 18.9 Å². The van der Waals surface area contributed by atoms with Crippen LogP contribution in [0.1, 0.15) is 47.2 Å². The number of epoxide rings is 1. The molecule has 2 amide bonds. The van der Waals surface area contributed by atoms with Crippen LogP contribution >= 0.6 is 0 Å². The van der Waals surface area contributed by atoms with Crippen LogP contribution in [0.3, 0.4) is 0 Å². The third-order valence-electron chi connectivity index (χ3n) is 9.06. The van der Waals surface area contributed by atoms with Gasteiger partial charge in [0.1, 0.15) is 31.1 Å². The number of hydrogen-bond acceptors (Lipinski definition) is 8. The van der Waals surface area contributed by atoms with Crippen molar-refractivity contribution in [1.82, 2.24) is 10.2 Å². The molecule has 2 aromatic rings. The number of nitrogens with one attached hydrogen (secondary N) is 1. The van der Waals surface area contributed by atoms with Gasteiger partial charge in [0.15, 0.2) is 0 Å². The number of hydrogen-bond donors (Lipinski definition) is 2. The van der Waals surface area contributed by atoms with Gasteiger partial charge in [0, 0.05) is 32.0 Å². The standard InChI is InChI=1S/C35H40N2O8/c1-37(27(33(39)36-15-16-38)17-23-5-3-2-4-6-23)34(40)26-19-30-32(43-21-42-30)31(20-26)45-35(41)25-12-9-22(10-13-25)7-8-24-11-14-28-29(18-24)44-28/h2-10,12-13,19,24,27-32,38H,11,14-18,20-21H2,1H3,(H,36,39). The Hall–Kier alpha value is -3.83. The van der Waals surface area contributed by atoms with Gasteiger partial charge in [-0.05, 0) is 54.5 Å².